The number of thiophene rings is 1. The number of hydrogen-bond donors (Lipinski definition) is 0. The van der Waals surface area contributed by atoms with Gasteiger partial charge < -0.3 is 13.6 Å². The predicted octanol–water partition coefficient (Wildman–Crippen LogP) is 16.5. The summed E-state index contributed by atoms with van der Waals surface area (Å²) in [6, 6.07) is 72.3. The Labute approximate surface area is 371 Å². The van der Waals surface area contributed by atoms with Gasteiger partial charge in [-0.1, -0.05) is 152 Å². The molecule has 0 atom stereocenters. The van der Waals surface area contributed by atoms with Gasteiger partial charge in [0.05, 0.1) is 33.4 Å². The summed E-state index contributed by atoms with van der Waals surface area (Å²) in [4.78, 5) is 4.90. The van der Waals surface area contributed by atoms with Crippen molar-refractivity contribution in [1.82, 2.24) is 14.1 Å². The third-order valence-corrected chi connectivity index (χ3v) is 14.4. The number of para-hydroxylation sites is 4. The van der Waals surface area contributed by atoms with Gasteiger partial charge in [-0.3, -0.25) is 4.98 Å². The van der Waals surface area contributed by atoms with Gasteiger partial charge in [0.2, 0.25) is 0 Å². The molecule has 0 aliphatic heterocycles. The Balaban J connectivity index is 1.14. The number of furan rings is 1. The van der Waals surface area contributed by atoms with E-state index in [0.717, 1.165) is 88.8 Å². The summed E-state index contributed by atoms with van der Waals surface area (Å²) < 4.78 is 15.0. The van der Waals surface area contributed by atoms with Crippen molar-refractivity contribution in [3.05, 3.63) is 213 Å². The molecule has 0 aliphatic rings. The van der Waals surface area contributed by atoms with Gasteiger partial charge in [0.25, 0.3) is 0 Å². The van der Waals surface area contributed by atoms with E-state index in [4.69, 9.17) is 9.40 Å². The second kappa shape index (κ2) is 13.6. The Morgan fingerprint density at radius 1 is 0.359 bits per heavy atom. The number of hydrogen-bond acceptors (Lipinski definition) is 3. The van der Waals surface area contributed by atoms with Crippen molar-refractivity contribution < 1.29 is 4.42 Å². The molecule has 0 aliphatic carbocycles. The molecule has 0 radical (unpaired) electrons. The number of pyridine rings is 1. The van der Waals surface area contributed by atoms with Crippen LogP contribution in [-0.4, -0.2) is 14.1 Å². The molecule has 0 saturated heterocycles. The third-order valence-electron chi connectivity index (χ3n) is 13.2. The monoisotopic (exact) mass is 833 g/mol. The smallest absolute Gasteiger partial charge is 0.160 e. The van der Waals surface area contributed by atoms with Crippen LogP contribution < -0.4 is 0 Å². The normalized spacial score (nSPS) is 12.1. The van der Waals surface area contributed by atoms with E-state index in [9.17, 15) is 0 Å². The minimum atomic E-state index is 0.828. The lowest BCUT2D eigenvalue weighted by atomic mass is 9.88. The van der Waals surface area contributed by atoms with Crippen molar-refractivity contribution in [2.75, 3.05) is 0 Å². The lowest BCUT2D eigenvalue weighted by Crippen LogP contribution is -2.01. The highest BCUT2D eigenvalue weighted by atomic mass is 32.1. The molecule has 5 heterocycles. The summed E-state index contributed by atoms with van der Waals surface area (Å²) in [6.07, 6.45) is 4.03. The fourth-order valence-corrected chi connectivity index (χ4v) is 11.6. The average Bonchev–Trinajstić information content (AvgIpc) is 4.11. The minimum absolute atomic E-state index is 0.828. The highest BCUT2D eigenvalue weighted by molar-refractivity contribution is 7.25. The summed E-state index contributed by atoms with van der Waals surface area (Å²) >= 11 is 1.85. The van der Waals surface area contributed by atoms with Crippen LogP contribution >= 0.6 is 11.3 Å². The topological polar surface area (TPSA) is 35.9 Å². The molecule has 4 nitrogen and oxygen atoms in total. The van der Waals surface area contributed by atoms with Crippen LogP contribution in [0.2, 0.25) is 0 Å². The molecule has 0 saturated carbocycles. The van der Waals surface area contributed by atoms with Gasteiger partial charge in [-0.25, -0.2) is 0 Å². The molecule has 0 spiro atoms. The van der Waals surface area contributed by atoms with Crippen LogP contribution in [0.4, 0.5) is 0 Å². The summed E-state index contributed by atoms with van der Waals surface area (Å²) in [6.45, 7) is 0. The molecule has 298 valence electrons. The van der Waals surface area contributed by atoms with Crippen molar-refractivity contribution in [2.24, 2.45) is 0 Å². The molecule has 0 bridgehead atoms. The Hall–Kier alpha value is -8.25. The molecule has 5 heteroatoms. The van der Waals surface area contributed by atoms with E-state index < -0.39 is 0 Å². The van der Waals surface area contributed by atoms with Crippen LogP contribution in [0.3, 0.4) is 0 Å². The maximum Gasteiger partial charge on any atom is 0.160 e. The molecular weight excluding hydrogens is 799 g/mol. The molecule has 9 aromatic carbocycles. The maximum atomic E-state index is 7.59. The Morgan fingerprint density at radius 3 is 1.58 bits per heavy atom. The standard InChI is InChI=1S/C59H35N3OS/c1-3-16-36(17-4-1)47-34-60-35-48(37-18-5-2-6-19-37)56(47)44-31-30-43-42-24-15-28-52(58(42)63-59(43)57(44)62-50-26-12-7-20-38(50)39-21-8-13-27-51(39)62)61-49-25-11-9-22-40(49)45-32-46-41-23-10-14-29-54(41)64-55(46)33-53(45)61/h1-35H. The Bertz CT molecular complexity index is 4080. The SMILES string of the molecule is c1ccc(-c2cncc(-c3ccccc3)c2-c2ccc3c(oc4c(-n5c6ccccc6c6cc7c(cc65)sc5ccccc57)cccc43)c2-n2c3ccccc3c3ccccc32)cc1. The third kappa shape index (κ3) is 5.01. The first-order chi connectivity index (χ1) is 31.8. The summed E-state index contributed by atoms with van der Waals surface area (Å²) in [5.41, 5.74) is 14.7. The van der Waals surface area contributed by atoms with Crippen molar-refractivity contribution in [3.63, 3.8) is 0 Å². The largest absolute Gasteiger partial charge is 0.452 e. The van der Waals surface area contributed by atoms with Crippen LogP contribution in [0.1, 0.15) is 0 Å². The molecule has 5 aromatic heterocycles. The average molecular weight is 834 g/mol. The highest BCUT2D eigenvalue weighted by Crippen LogP contribution is 2.49. The van der Waals surface area contributed by atoms with E-state index in [1.807, 2.05) is 23.7 Å². The zero-order valence-electron chi connectivity index (χ0n) is 34.4. The first kappa shape index (κ1) is 35.4. The summed E-state index contributed by atoms with van der Waals surface area (Å²) in [7, 11) is 0. The highest BCUT2D eigenvalue weighted by Gasteiger charge is 2.27. The zero-order valence-corrected chi connectivity index (χ0v) is 35.2. The van der Waals surface area contributed by atoms with Crippen LogP contribution in [-0.2, 0) is 0 Å². The van der Waals surface area contributed by atoms with E-state index in [2.05, 4.69) is 209 Å². The molecular formula is C59H35N3OS. The fraction of sp³-hybridized carbons (Fsp3) is 0. The van der Waals surface area contributed by atoms with E-state index in [1.165, 1.54) is 41.7 Å². The molecule has 0 N–H and O–H groups in total. The van der Waals surface area contributed by atoms with E-state index in [1.54, 1.807) is 0 Å². The fourth-order valence-electron chi connectivity index (χ4n) is 10.5. The van der Waals surface area contributed by atoms with E-state index in [0.29, 0.717) is 0 Å². The first-order valence-corrected chi connectivity index (χ1v) is 22.5. The second-order valence-electron chi connectivity index (χ2n) is 16.6. The zero-order chi connectivity index (χ0) is 41.9. The van der Waals surface area contributed by atoms with E-state index in [-0.39, 0.29) is 0 Å². The molecule has 0 unspecified atom stereocenters. The summed E-state index contributed by atoms with van der Waals surface area (Å²) in [5.74, 6) is 0. The van der Waals surface area contributed by atoms with Crippen LogP contribution in [0.25, 0.3) is 130 Å². The molecule has 0 fully saturated rings. The Kier molecular flexibility index (Phi) is 7.53. The van der Waals surface area contributed by atoms with Crippen LogP contribution in [0.5, 0.6) is 0 Å². The van der Waals surface area contributed by atoms with Gasteiger partial charge in [-0.05, 0) is 59.7 Å². The van der Waals surface area contributed by atoms with Gasteiger partial charge >= 0.3 is 0 Å². The number of benzene rings is 9. The van der Waals surface area contributed by atoms with Crippen molar-refractivity contribution >= 4 is 97.1 Å². The number of nitrogens with zero attached hydrogens (tertiary/aromatic N) is 3. The second-order valence-corrected chi connectivity index (χ2v) is 17.7. The van der Waals surface area contributed by atoms with Gasteiger partial charge in [0, 0.05) is 87.1 Å². The Morgan fingerprint density at radius 2 is 0.906 bits per heavy atom. The number of rotatable bonds is 5. The summed E-state index contributed by atoms with van der Waals surface area (Å²) in [5, 5.41) is 9.55. The number of aromatic nitrogens is 3. The molecule has 14 aromatic rings. The lowest BCUT2D eigenvalue weighted by Gasteiger charge is -2.20. The quantitative estimate of drug-likeness (QED) is 0.173. The lowest BCUT2D eigenvalue weighted by molar-refractivity contribution is 0.664. The van der Waals surface area contributed by atoms with Crippen molar-refractivity contribution in [1.29, 1.82) is 0 Å². The maximum absolute atomic E-state index is 7.59. The predicted molar refractivity (Wildman–Crippen MR) is 269 cm³/mol. The molecule has 64 heavy (non-hydrogen) atoms. The van der Waals surface area contributed by atoms with E-state index >= 15 is 0 Å². The van der Waals surface area contributed by atoms with Gasteiger partial charge in [0.1, 0.15) is 0 Å². The van der Waals surface area contributed by atoms with Crippen LogP contribution in [0, 0.1) is 0 Å². The molecule has 14 rings (SSSR count). The first-order valence-electron chi connectivity index (χ1n) is 21.7. The molecule has 0 amide bonds. The minimum Gasteiger partial charge on any atom is -0.452 e. The van der Waals surface area contributed by atoms with Gasteiger partial charge in [0.15, 0.2) is 11.2 Å². The van der Waals surface area contributed by atoms with Crippen molar-refractivity contribution in [2.45, 2.75) is 0 Å². The van der Waals surface area contributed by atoms with Crippen LogP contribution in [0.15, 0.2) is 217 Å². The van der Waals surface area contributed by atoms with Gasteiger partial charge in [-0.2, -0.15) is 0 Å². The van der Waals surface area contributed by atoms with Crippen molar-refractivity contribution in [3.8, 4) is 44.8 Å². The number of fused-ring (bicyclic) bond motifs is 12. The van der Waals surface area contributed by atoms with Gasteiger partial charge in [-0.15, -0.1) is 11.3 Å².